The van der Waals surface area contributed by atoms with E-state index in [9.17, 15) is 0 Å². The number of rotatable bonds is 5. The van der Waals surface area contributed by atoms with Crippen molar-refractivity contribution in [1.82, 2.24) is 0 Å². The third-order valence-corrected chi connectivity index (χ3v) is 2.31. The van der Waals surface area contributed by atoms with E-state index in [2.05, 4.69) is 0 Å². The predicted molar refractivity (Wildman–Crippen MR) is 60.1 cm³/mol. The molecule has 0 aliphatic rings. The summed E-state index contributed by atoms with van der Waals surface area (Å²) in [5, 5.41) is 17.7. The Hall–Kier alpha value is -0.645. The van der Waals surface area contributed by atoms with E-state index in [1.807, 2.05) is 6.26 Å². The Morgan fingerprint density at radius 1 is 1.29 bits per heavy atom. The highest BCUT2D eigenvalue weighted by molar-refractivity contribution is 7.98. The lowest BCUT2D eigenvalue weighted by Gasteiger charge is -2.05. The topological polar surface area (TPSA) is 49.7 Å². The van der Waals surface area contributed by atoms with Gasteiger partial charge in [0.15, 0.2) is 0 Å². The average Bonchev–Trinajstić information content (AvgIpc) is 2.19. The van der Waals surface area contributed by atoms with E-state index in [1.54, 1.807) is 36.0 Å². The van der Waals surface area contributed by atoms with E-state index in [0.29, 0.717) is 12.1 Å². The van der Waals surface area contributed by atoms with Crippen molar-refractivity contribution in [2.45, 2.75) is 0 Å². The molecule has 0 bridgehead atoms. The Kier molecular flexibility index (Phi) is 4.86. The molecule has 1 aromatic rings. The van der Waals surface area contributed by atoms with Crippen LogP contribution in [0.25, 0.3) is 0 Å². The second-order valence-electron chi connectivity index (χ2n) is 2.78. The lowest BCUT2D eigenvalue weighted by molar-refractivity contribution is 0.344. The Balaban J connectivity index is 2.47. The molecule has 5 heteroatoms. The van der Waals surface area contributed by atoms with Crippen LogP contribution in [0.3, 0.4) is 0 Å². The highest BCUT2D eigenvalue weighted by Gasteiger charge is 2.09. The molecule has 76 valence electrons. The third-order valence-electron chi connectivity index (χ3n) is 1.73. The van der Waals surface area contributed by atoms with Gasteiger partial charge in [0.1, 0.15) is 5.75 Å². The zero-order chi connectivity index (χ0) is 10.4. The average molecular weight is 212 g/mol. The molecule has 0 aliphatic carbocycles. The van der Waals surface area contributed by atoms with E-state index in [-0.39, 0.29) is 0 Å². The van der Waals surface area contributed by atoms with Crippen molar-refractivity contribution in [3.05, 3.63) is 24.3 Å². The van der Waals surface area contributed by atoms with Crippen LogP contribution >= 0.6 is 11.8 Å². The van der Waals surface area contributed by atoms with Crippen LogP contribution in [0, 0.1) is 0 Å². The summed E-state index contributed by atoms with van der Waals surface area (Å²) in [5.41, 5.74) is 0.474. The van der Waals surface area contributed by atoms with Crippen molar-refractivity contribution in [2.24, 2.45) is 0 Å². The van der Waals surface area contributed by atoms with E-state index >= 15 is 0 Å². The molecule has 1 rings (SSSR count). The minimum Gasteiger partial charge on any atom is -0.493 e. The predicted octanol–water partition coefficient (Wildman–Crippen LogP) is 0.108. The summed E-state index contributed by atoms with van der Waals surface area (Å²) in [5.74, 6) is 1.70. The smallest absolute Gasteiger partial charge is 0.488 e. The van der Waals surface area contributed by atoms with Crippen molar-refractivity contribution in [3.63, 3.8) is 0 Å². The van der Waals surface area contributed by atoms with Crippen LogP contribution < -0.4 is 10.2 Å². The van der Waals surface area contributed by atoms with Crippen LogP contribution in [0.2, 0.25) is 0 Å². The second-order valence-corrected chi connectivity index (χ2v) is 3.77. The standard InChI is InChI=1S/C9H13BO3S/c1-14-7-6-13-9-4-2-8(3-5-9)10(11)12/h2-5,11-12H,6-7H2,1H3. The molecule has 0 saturated carbocycles. The molecule has 14 heavy (non-hydrogen) atoms. The number of benzene rings is 1. The molecule has 0 heterocycles. The van der Waals surface area contributed by atoms with Gasteiger partial charge < -0.3 is 14.8 Å². The number of hydrogen-bond donors (Lipinski definition) is 2. The van der Waals surface area contributed by atoms with Gasteiger partial charge in [-0.25, -0.2) is 0 Å². The Bertz CT molecular complexity index is 263. The van der Waals surface area contributed by atoms with Crippen molar-refractivity contribution in [3.8, 4) is 5.75 Å². The Morgan fingerprint density at radius 3 is 2.43 bits per heavy atom. The minimum atomic E-state index is -1.41. The first-order chi connectivity index (χ1) is 6.74. The minimum absolute atomic E-state index is 0.474. The zero-order valence-electron chi connectivity index (χ0n) is 8.01. The summed E-state index contributed by atoms with van der Waals surface area (Å²) in [6.07, 6.45) is 2.02. The summed E-state index contributed by atoms with van der Waals surface area (Å²) in [6.45, 7) is 0.669. The van der Waals surface area contributed by atoms with Crippen LogP contribution in [0.1, 0.15) is 0 Å². The first-order valence-electron chi connectivity index (χ1n) is 4.32. The lowest BCUT2D eigenvalue weighted by Crippen LogP contribution is -2.29. The molecule has 0 spiro atoms. The SMILES string of the molecule is CSCCOc1ccc(B(O)O)cc1. The van der Waals surface area contributed by atoms with Crippen molar-refractivity contribution in [2.75, 3.05) is 18.6 Å². The van der Waals surface area contributed by atoms with Gasteiger partial charge in [-0.05, 0) is 23.9 Å². The number of ether oxygens (including phenoxy) is 1. The van der Waals surface area contributed by atoms with Crippen LogP contribution in [0.4, 0.5) is 0 Å². The summed E-state index contributed by atoms with van der Waals surface area (Å²) in [6, 6.07) is 6.74. The van der Waals surface area contributed by atoms with Gasteiger partial charge in [0.25, 0.3) is 0 Å². The second kappa shape index (κ2) is 5.96. The van der Waals surface area contributed by atoms with Gasteiger partial charge in [0.2, 0.25) is 0 Å². The van der Waals surface area contributed by atoms with Gasteiger partial charge in [0, 0.05) is 5.75 Å². The molecule has 0 amide bonds. The largest absolute Gasteiger partial charge is 0.493 e. The number of thioether (sulfide) groups is 1. The first-order valence-corrected chi connectivity index (χ1v) is 5.71. The summed E-state index contributed by atoms with van der Waals surface area (Å²) >= 11 is 1.72. The maximum Gasteiger partial charge on any atom is 0.488 e. The van der Waals surface area contributed by atoms with Crippen molar-refractivity contribution >= 4 is 24.3 Å². The summed E-state index contributed by atoms with van der Waals surface area (Å²) < 4.78 is 5.40. The maximum absolute atomic E-state index is 8.84. The Morgan fingerprint density at radius 2 is 1.93 bits per heavy atom. The van der Waals surface area contributed by atoms with E-state index in [0.717, 1.165) is 11.5 Å². The molecule has 3 nitrogen and oxygen atoms in total. The highest BCUT2D eigenvalue weighted by Crippen LogP contribution is 2.08. The van der Waals surface area contributed by atoms with E-state index < -0.39 is 7.12 Å². The van der Waals surface area contributed by atoms with Crippen LogP contribution in [-0.2, 0) is 0 Å². The van der Waals surface area contributed by atoms with Crippen molar-refractivity contribution < 1.29 is 14.8 Å². The van der Waals surface area contributed by atoms with Crippen LogP contribution in [0.5, 0.6) is 5.75 Å². The molecule has 2 N–H and O–H groups in total. The maximum atomic E-state index is 8.84. The van der Waals surface area contributed by atoms with Gasteiger partial charge in [-0.1, -0.05) is 12.1 Å². The van der Waals surface area contributed by atoms with Gasteiger partial charge in [0.05, 0.1) is 6.61 Å². The number of hydrogen-bond acceptors (Lipinski definition) is 4. The molecule has 0 radical (unpaired) electrons. The molecular weight excluding hydrogens is 199 g/mol. The Labute approximate surface area is 88.2 Å². The molecule has 0 aliphatic heterocycles. The molecule has 0 unspecified atom stereocenters. The quantitative estimate of drug-likeness (QED) is 0.537. The van der Waals surface area contributed by atoms with E-state index in [1.165, 1.54) is 0 Å². The van der Waals surface area contributed by atoms with Crippen LogP contribution in [-0.4, -0.2) is 35.8 Å². The summed E-state index contributed by atoms with van der Waals surface area (Å²) in [7, 11) is -1.41. The molecule has 0 saturated heterocycles. The van der Waals surface area contributed by atoms with Gasteiger partial charge >= 0.3 is 7.12 Å². The lowest BCUT2D eigenvalue weighted by atomic mass is 9.80. The third kappa shape index (κ3) is 3.61. The molecule has 0 fully saturated rings. The fourth-order valence-corrected chi connectivity index (χ4v) is 1.23. The van der Waals surface area contributed by atoms with Gasteiger partial charge in [-0.3, -0.25) is 0 Å². The van der Waals surface area contributed by atoms with E-state index in [4.69, 9.17) is 14.8 Å². The molecule has 1 aromatic carbocycles. The van der Waals surface area contributed by atoms with Gasteiger partial charge in [-0.15, -0.1) is 0 Å². The summed E-state index contributed by atoms with van der Waals surface area (Å²) in [4.78, 5) is 0. The zero-order valence-corrected chi connectivity index (χ0v) is 8.83. The first kappa shape index (κ1) is 11.4. The molecule has 0 atom stereocenters. The fraction of sp³-hybridized carbons (Fsp3) is 0.333. The molecular formula is C9H13BO3S. The fourth-order valence-electron chi connectivity index (χ4n) is 0.979. The normalized spacial score (nSPS) is 9.93. The van der Waals surface area contributed by atoms with Crippen molar-refractivity contribution in [1.29, 1.82) is 0 Å². The van der Waals surface area contributed by atoms with Gasteiger partial charge in [-0.2, -0.15) is 11.8 Å². The molecule has 0 aromatic heterocycles. The highest BCUT2D eigenvalue weighted by atomic mass is 32.2. The monoisotopic (exact) mass is 212 g/mol. The van der Waals surface area contributed by atoms with Crippen LogP contribution in [0.15, 0.2) is 24.3 Å².